The predicted octanol–water partition coefficient (Wildman–Crippen LogP) is 3.14. The van der Waals surface area contributed by atoms with Gasteiger partial charge in [-0.15, -0.1) is 0 Å². The molecule has 1 N–H and O–H groups in total. The Labute approximate surface area is 130 Å². The van der Waals surface area contributed by atoms with Gasteiger partial charge in [-0.3, -0.25) is 4.79 Å². The topological polar surface area (TPSA) is 60.5 Å². The molecule has 1 aromatic carbocycles. The Bertz CT molecular complexity index is 640. The Kier molecular flexibility index (Phi) is 4.28. The Morgan fingerprint density at radius 1 is 1.14 bits per heavy atom. The molecular weight excluding hydrogens is 336 g/mol. The van der Waals surface area contributed by atoms with Crippen LogP contribution in [0.5, 0.6) is 0 Å². The average molecular weight is 349 g/mol. The fourth-order valence-corrected chi connectivity index (χ4v) is 2.35. The number of carbonyl (C=O) groups excluding carboxylic acids is 1. The minimum Gasteiger partial charge on any atom is -0.346 e. The fraction of sp³-hybridized carbons (Fsp3) is 0.200. The molecule has 0 bridgehead atoms. The minimum absolute atomic E-state index is 0.252. The van der Waals surface area contributed by atoms with Crippen molar-refractivity contribution >= 4 is 27.5 Å². The van der Waals surface area contributed by atoms with Gasteiger partial charge in [-0.05, 0) is 40.2 Å². The molecule has 0 unspecified atom stereocenters. The van der Waals surface area contributed by atoms with Crippen LogP contribution < -0.4 is 5.32 Å². The zero-order valence-electron chi connectivity index (χ0n) is 11.1. The van der Waals surface area contributed by atoms with Crippen molar-refractivity contribution in [2.75, 3.05) is 18.5 Å². The molecule has 2 aromatic rings. The molecule has 1 saturated heterocycles. The normalized spacial score (nSPS) is 15.1. The van der Waals surface area contributed by atoms with Crippen LogP contribution in [0.25, 0.3) is 0 Å². The van der Waals surface area contributed by atoms with E-state index in [1.54, 1.807) is 18.2 Å². The molecule has 108 valence electrons. The molecule has 0 radical (unpaired) electrons. The quantitative estimate of drug-likeness (QED) is 0.865. The third-order valence-electron chi connectivity index (χ3n) is 3.01. The van der Waals surface area contributed by atoms with Crippen LogP contribution in [0.15, 0.2) is 47.1 Å². The number of benzene rings is 1. The van der Waals surface area contributed by atoms with E-state index in [1.807, 2.05) is 24.3 Å². The summed E-state index contributed by atoms with van der Waals surface area (Å²) in [7, 11) is 0. The molecular formula is C15H13BrN2O3. The Morgan fingerprint density at radius 3 is 2.52 bits per heavy atom. The van der Waals surface area contributed by atoms with Crippen molar-refractivity contribution in [3.63, 3.8) is 0 Å². The smallest absolute Gasteiger partial charge is 0.274 e. The van der Waals surface area contributed by atoms with E-state index < -0.39 is 0 Å². The largest absolute Gasteiger partial charge is 0.346 e. The number of rotatable bonds is 3. The molecule has 6 heteroatoms. The maximum Gasteiger partial charge on any atom is 0.274 e. The molecule has 1 aromatic heterocycles. The molecule has 2 heterocycles. The van der Waals surface area contributed by atoms with Crippen molar-refractivity contribution in [3.8, 4) is 0 Å². The maximum absolute atomic E-state index is 12.1. The van der Waals surface area contributed by atoms with Crippen LogP contribution in [-0.2, 0) is 9.47 Å². The van der Waals surface area contributed by atoms with Gasteiger partial charge in [0.2, 0.25) is 0 Å². The second kappa shape index (κ2) is 6.34. The van der Waals surface area contributed by atoms with Crippen LogP contribution in [0.3, 0.4) is 0 Å². The summed E-state index contributed by atoms with van der Waals surface area (Å²) >= 11 is 3.24. The molecule has 1 fully saturated rings. The Balaban J connectivity index is 1.68. The van der Waals surface area contributed by atoms with Crippen molar-refractivity contribution in [3.05, 3.63) is 58.3 Å². The van der Waals surface area contributed by atoms with E-state index in [-0.39, 0.29) is 12.2 Å². The number of carbonyl (C=O) groups is 1. The number of halogens is 1. The van der Waals surface area contributed by atoms with Crippen LogP contribution in [0, 0.1) is 0 Å². The lowest BCUT2D eigenvalue weighted by Gasteiger charge is -2.10. The fourth-order valence-electron chi connectivity index (χ4n) is 2.00. The first-order valence-corrected chi connectivity index (χ1v) is 7.29. The van der Waals surface area contributed by atoms with E-state index in [0.29, 0.717) is 29.2 Å². The van der Waals surface area contributed by atoms with Gasteiger partial charge in [0.15, 0.2) is 6.29 Å². The van der Waals surface area contributed by atoms with Crippen LogP contribution in [-0.4, -0.2) is 24.1 Å². The molecule has 1 aliphatic heterocycles. The van der Waals surface area contributed by atoms with Gasteiger partial charge >= 0.3 is 0 Å². The van der Waals surface area contributed by atoms with Gasteiger partial charge in [-0.25, -0.2) is 4.98 Å². The molecule has 0 aliphatic carbocycles. The van der Waals surface area contributed by atoms with Gasteiger partial charge in [-0.2, -0.15) is 0 Å². The zero-order valence-corrected chi connectivity index (χ0v) is 12.7. The minimum atomic E-state index is -0.304. The summed E-state index contributed by atoms with van der Waals surface area (Å²) in [5, 5.41) is 2.80. The lowest BCUT2D eigenvalue weighted by Crippen LogP contribution is -2.13. The first-order chi connectivity index (χ1) is 10.2. The SMILES string of the molecule is O=C(Nc1ccc(C2OCCO2)cc1)c1cccc(Br)n1. The first-order valence-electron chi connectivity index (χ1n) is 6.49. The Morgan fingerprint density at radius 2 is 1.86 bits per heavy atom. The number of amides is 1. The van der Waals surface area contributed by atoms with E-state index in [9.17, 15) is 4.79 Å². The van der Waals surface area contributed by atoms with Crippen molar-refractivity contribution < 1.29 is 14.3 Å². The van der Waals surface area contributed by atoms with E-state index in [2.05, 4.69) is 26.2 Å². The number of nitrogens with one attached hydrogen (secondary N) is 1. The highest BCUT2D eigenvalue weighted by atomic mass is 79.9. The van der Waals surface area contributed by atoms with Gasteiger partial charge in [0.25, 0.3) is 5.91 Å². The summed E-state index contributed by atoms with van der Waals surface area (Å²) in [4.78, 5) is 16.2. The standard InChI is InChI=1S/C15H13BrN2O3/c16-13-3-1-2-12(18-13)14(19)17-11-6-4-10(5-7-11)15-20-8-9-21-15/h1-7,15H,8-9H2,(H,17,19). The first kappa shape index (κ1) is 14.2. The number of aromatic nitrogens is 1. The monoisotopic (exact) mass is 348 g/mol. The van der Waals surface area contributed by atoms with Gasteiger partial charge in [0.1, 0.15) is 10.3 Å². The molecule has 5 nitrogen and oxygen atoms in total. The second-order valence-corrected chi connectivity index (χ2v) is 5.31. The summed E-state index contributed by atoms with van der Waals surface area (Å²) in [5.74, 6) is -0.252. The maximum atomic E-state index is 12.1. The highest BCUT2D eigenvalue weighted by Gasteiger charge is 2.18. The average Bonchev–Trinajstić information content (AvgIpc) is 3.02. The highest BCUT2D eigenvalue weighted by Crippen LogP contribution is 2.24. The van der Waals surface area contributed by atoms with Gasteiger partial charge < -0.3 is 14.8 Å². The van der Waals surface area contributed by atoms with Crippen LogP contribution in [0.1, 0.15) is 22.3 Å². The van der Waals surface area contributed by atoms with Crippen LogP contribution in [0.4, 0.5) is 5.69 Å². The molecule has 0 spiro atoms. The van der Waals surface area contributed by atoms with Gasteiger partial charge in [0.05, 0.1) is 13.2 Å². The van der Waals surface area contributed by atoms with Crippen LogP contribution >= 0.6 is 15.9 Å². The number of nitrogens with zero attached hydrogens (tertiary/aromatic N) is 1. The van der Waals surface area contributed by atoms with Crippen LogP contribution in [0.2, 0.25) is 0 Å². The van der Waals surface area contributed by atoms with Crippen molar-refractivity contribution in [2.24, 2.45) is 0 Å². The van der Waals surface area contributed by atoms with Crippen molar-refractivity contribution in [2.45, 2.75) is 6.29 Å². The van der Waals surface area contributed by atoms with Crippen molar-refractivity contribution in [1.29, 1.82) is 0 Å². The summed E-state index contributed by atoms with van der Waals surface area (Å²) < 4.78 is 11.5. The third kappa shape index (κ3) is 3.47. The summed E-state index contributed by atoms with van der Waals surface area (Å²) in [6, 6.07) is 12.6. The number of pyridine rings is 1. The second-order valence-electron chi connectivity index (χ2n) is 4.50. The van der Waals surface area contributed by atoms with Crippen molar-refractivity contribution in [1.82, 2.24) is 4.98 Å². The molecule has 0 atom stereocenters. The molecule has 1 amide bonds. The van der Waals surface area contributed by atoms with E-state index in [0.717, 1.165) is 5.56 Å². The Hall–Kier alpha value is -1.76. The summed E-state index contributed by atoms with van der Waals surface area (Å²) in [6.45, 7) is 1.22. The number of ether oxygens (including phenoxy) is 2. The predicted molar refractivity (Wildman–Crippen MR) is 81.0 cm³/mol. The lowest BCUT2D eigenvalue weighted by molar-refractivity contribution is -0.0441. The molecule has 21 heavy (non-hydrogen) atoms. The van der Waals surface area contributed by atoms with E-state index in [1.165, 1.54) is 0 Å². The third-order valence-corrected chi connectivity index (χ3v) is 3.45. The van der Waals surface area contributed by atoms with Gasteiger partial charge in [-0.1, -0.05) is 18.2 Å². The molecule has 0 saturated carbocycles. The number of anilines is 1. The number of hydrogen-bond acceptors (Lipinski definition) is 4. The van der Waals surface area contributed by atoms with E-state index >= 15 is 0 Å². The molecule has 3 rings (SSSR count). The highest BCUT2D eigenvalue weighted by molar-refractivity contribution is 9.10. The summed E-state index contributed by atoms with van der Waals surface area (Å²) in [5.41, 5.74) is 1.99. The lowest BCUT2D eigenvalue weighted by atomic mass is 10.2. The summed E-state index contributed by atoms with van der Waals surface area (Å²) in [6.07, 6.45) is -0.304. The van der Waals surface area contributed by atoms with E-state index in [4.69, 9.17) is 9.47 Å². The molecule has 1 aliphatic rings. The number of hydrogen-bond donors (Lipinski definition) is 1. The zero-order chi connectivity index (χ0) is 14.7. The van der Waals surface area contributed by atoms with Gasteiger partial charge in [0, 0.05) is 11.3 Å².